The van der Waals surface area contributed by atoms with E-state index in [2.05, 4.69) is 23.3 Å². The van der Waals surface area contributed by atoms with Crippen LogP contribution in [-0.2, 0) is 13.0 Å². The number of nitrogens with zero attached hydrogens (tertiary/aromatic N) is 3. The summed E-state index contributed by atoms with van der Waals surface area (Å²) in [7, 11) is 0. The first kappa shape index (κ1) is 16.1. The van der Waals surface area contributed by atoms with Gasteiger partial charge in [0.15, 0.2) is 0 Å². The zero-order valence-corrected chi connectivity index (χ0v) is 14.5. The lowest BCUT2D eigenvalue weighted by molar-refractivity contribution is 0.0649. The number of fused-ring (bicyclic) bond motifs is 1. The number of aryl methyl sites for hydroxylation is 2. The molecule has 1 fully saturated rings. The Bertz CT molecular complexity index is 854. The molecule has 2 aromatic rings. The van der Waals surface area contributed by atoms with E-state index in [9.17, 15) is 9.59 Å². The smallest absolute Gasteiger partial charge is 0.275 e. The first-order chi connectivity index (χ1) is 12.2. The Hall–Kier alpha value is -2.43. The molecule has 0 radical (unpaired) electrons. The van der Waals surface area contributed by atoms with E-state index in [1.807, 2.05) is 17.9 Å². The maximum atomic E-state index is 13.2. The fourth-order valence-electron chi connectivity index (χ4n) is 3.81. The highest BCUT2D eigenvalue weighted by Crippen LogP contribution is 2.42. The molecule has 1 aromatic carbocycles. The summed E-state index contributed by atoms with van der Waals surface area (Å²) >= 11 is 0. The molecule has 1 aromatic heterocycles. The van der Waals surface area contributed by atoms with Crippen molar-refractivity contribution in [1.82, 2.24) is 14.7 Å². The highest BCUT2D eigenvalue weighted by Gasteiger charge is 2.41. The van der Waals surface area contributed by atoms with Crippen molar-refractivity contribution in [2.24, 2.45) is 0 Å². The van der Waals surface area contributed by atoms with Gasteiger partial charge in [-0.2, -0.15) is 5.10 Å². The molecule has 1 atom stereocenters. The largest absolute Gasteiger partial charge is 0.327 e. The monoisotopic (exact) mass is 337 g/mol. The average Bonchev–Trinajstić information content (AvgIpc) is 3.37. The predicted molar refractivity (Wildman–Crippen MR) is 95.5 cm³/mol. The third-order valence-electron chi connectivity index (χ3n) is 5.13. The van der Waals surface area contributed by atoms with Crippen LogP contribution in [-0.4, -0.2) is 26.6 Å². The highest BCUT2D eigenvalue weighted by molar-refractivity contribution is 5.93. The number of hydrogen-bond acceptors (Lipinski definition) is 3. The maximum absolute atomic E-state index is 13.2. The Kier molecular flexibility index (Phi) is 4.15. The number of aromatic nitrogens is 2. The summed E-state index contributed by atoms with van der Waals surface area (Å²) < 4.78 is 1.40. The summed E-state index contributed by atoms with van der Waals surface area (Å²) in [6.07, 6.45) is 4.90. The number of rotatable bonds is 5. The molecule has 0 bridgehead atoms. The number of carbonyl (C=O) groups is 1. The van der Waals surface area contributed by atoms with Gasteiger partial charge in [-0.15, -0.1) is 0 Å². The quantitative estimate of drug-likeness (QED) is 0.843. The third kappa shape index (κ3) is 2.99. The minimum Gasteiger partial charge on any atom is -0.327 e. The van der Waals surface area contributed by atoms with E-state index in [0.29, 0.717) is 18.3 Å². The van der Waals surface area contributed by atoms with E-state index < -0.39 is 0 Å². The normalized spacial score (nSPS) is 18.8. The van der Waals surface area contributed by atoms with Crippen LogP contribution < -0.4 is 5.56 Å². The van der Waals surface area contributed by atoms with E-state index in [0.717, 1.165) is 32.1 Å². The molecule has 0 N–H and O–H groups in total. The Morgan fingerprint density at radius 3 is 2.76 bits per heavy atom. The maximum Gasteiger partial charge on any atom is 0.275 e. The molecule has 2 aliphatic carbocycles. The van der Waals surface area contributed by atoms with Crippen LogP contribution in [0.5, 0.6) is 0 Å². The number of benzene rings is 1. The second-order valence-electron chi connectivity index (χ2n) is 6.98. The van der Waals surface area contributed by atoms with Crippen LogP contribution in [0.1, 0.15) is 60.3 Å². The second-order valence-corrected chi connectivity index (χ2v) is 6.98. The fraction of sp³-hybridized carbons (Fsp3) is 0.450. The zero-order chi connectivity index (χ0) is 17.4. The Morgan fingerprint density at radius 1 is 1.20 bits per heavy atom. The summed E-state index contributed by atoms with van der Waals surface area (Å²) in [5, 5.41) is 4.33. The predicted octanol–water partition coefficient (Wildman–Crippen LogP) is 2.95. The Balaban J connectivity index is 1.67. The van der Waals surface area contributed by atoms with Gasteiger partial charge in [-0.25, -0.2) is 4.68 Å². The molecule has 1 amide bonds. The van der Waals surface area contributed by atoms with Gasteiger partial charge >= 0.3 is 0 Å². The van der Waals surface area contributed by atoms with Crippen molar-refractivity contribution in [1.29, 1.82) is 0 Å². The van der Waals surface area contributed by atoms with E-state index in [1.165, 1.54) is 21.9 Å². The molecule has 5 heteroatoms. The molecule has 0 aliphatic heterocycles. The molecule has 1 heterocycles. The van der Waals surface area contributed by atoms with Gasteiger partial charge in [0.05, 0.1) is 6.04 Å². The standard InChI is InChI=1S/C20H23N3O2/c1-2-13-22-19(24)12-10-17(21-22)20(25)23(15-8-9-15)18-11-7-14-5-3-4-6-16(14)18/h3-6,10,12,15,18H,2,7-9,11,13H2,1H3/t18-/m1/s1. The van der Waals surface area contributed by atoms with Crippen LogP contribution in [0.2, 0.25) is 0 Å². The van der Waals surface area contributed by atoms with E-state index in [-0.39, 0.29) is 17.5 Å². The molecule has 5 nitrogen and oxygen atoms in total. The number of hydrogen-bond donors (Lipinski definition) is 0. The van der Waals surface area contributed by atoms with Gasteiger partial charge in [-0.05, 0) is 49.3 Å². The van der Waals surface area contributed by atoms with Gasteiger partial charge in [0.25, 0.3) is 11.5 Å². The molecule has 0 spiro atoms. The lowest BCUT2D eigenvalue weighted by Gasteiger charge is -2.29. The van der Waals surface area contributed by atoms with Gasteiger partial charge in [0.2, 0.25) is 0 Å². The van der Waals surface area contributed by atoms with Crippen molar-refractivity contribution in [2.45, 2.75) is 57.7 Å². The minimum absolute atomic E-state index is 0.0472. The van der Waals surface area contributed by atoms with Gasteiger partial charge in [-0.1, -0.05) is 31.2 Å². The molecule has 25 heavy (non-hydrogen) atoms. The zero-order valence-electron chi connectivity index (χ0n) is 14.5. The van der Waals surface area contributed by atoms with Gasteiger partial charge < -0.3 is 4.90 Å². The SMILES string of the molecule is CCCn1nc(C(=O)N(C2CC2)[C@@H]2CCc3ccccc32)ccc1=O. The van der Waals surface area contributed by atoms with Crippen LogP contribution in [0.15, 0.2) is 41.2 Å². The van der Waals surface area contributed by atoms with E-state index in [4.69, 9.17) is 0 Å². The van der Waals surface area contributed by atoms with Crippen LogP contribution in [0, 0.1) is 0 Å². The van der Waals surface area contributed by atoms with Gasteiger partial charge in [0.1, 0.15) is 5.69 Å². The van der Waals surface area contributed by atoms with Crippen molar-refractivity contribution in [2.75, 3.05) is 0 Å². The van der Waals surface area contributed by atoms with Crippen LogP contribution in [0.4, 0.5) is 0 Å². The van der Waals surface area contributed by atoms with Crippen molar-refractivity contribution in [3.05, 3.63) is 63.6 Å². The number of amides is 1. The highest BCUT2D eigenvalue weighted by atomic mass is 16.2. The Labute approximate surface area is 147 Å². The molecule has 1 saturated carbocycles. The molecule has 0 unspecified atom stereocenters. The molecule has 130 valence electrons. The average molecular weight is 337 g/mol. The molecule has 4 rings (SSSR count). The van der Waals surface area contributed by atoms with E-state index in [1.54, 1.807) is 6.07 Å². The third-order valence-corrected chi connectivity index (χ3v) is 5.13. The van der Waals surface area contributed by atoms with Crippen LogP contribution >= 0.6 is 0 Å². The molecular weight excluding hydrogens is 314 g/mol. The van der Waals surface area contributed by atoms with Crippen LogP contribution in [0.3, 0.4) is 0 Å². The van der Waals surface area contributed by atoms with Crippen molar-refractivity contribution in [3.63, 3.8) is 0 Å². The fourth-order valence-corrected chi connectivity index (χ4v) is 3.81. The van der Waals surface area contributed by atoms with Gasteiger partial charge in [0, 0.05) is 18.7 Å². The molecular formula is C20H23N3O2. The minimum atomic E-state index is -0.150. The summed E-state index contributed by atoms with van der Waals surface area (Å²) in [6, 6.07) is 11.9. The lowest BCUT2D eigenvalue weighted by Crippen LogP contribution is -2.37. The van der Waals surface area contributed by atoms with Crippen LogP contribution in [0.25, 0.3) is 0 Å². The summed E-state index contributed by atoms with van der Waals surface area (Å²) in [6.45, 7) is 2.53. The summed E-state index contributed by atoms with van der Waals surface area (Å²) in [4.78, 5) is 27.2. The lowest BCUT2D eigenvalue weighted by atomic mass is 10.1. The molecule has 2 aliphatic rings. The second kappa shape index (κ2) is 6.47. The number of carbonyl (C=O) groups excluding carboxylic acids is 1. The molecule has 0 saturated heterocycles. The summed E-state index contributed by atoms with van der Waals surface area (Å²) in [5.74, 6) is -0.0472. The topological polar surface area (TPSA) is 55.2 Å². The van der Waals surface area contributed by atoms with Crippen molar-refractivity contribution >= 4 is 5.91 Å². The van der Waals surface area contributed by atoms with Crippen molar-refractivity contribution in [3.8, 4) is 0 Å². The van der Waals surface area contributed by atoms with Crippen molar-refractivity contribution < 1.29 is 4.79 Å². The first-order valence-corrected chi connectivity index (χ1v) is 9.17. The van der Waals surface area contributed by atoms with Gasteiger partial charge in [-0.3, -0.25) is 9.59 Å². The summed E-state index contributed by atoms with van der Waals surface area (Å²) in [5.41, 5.74) is 2.84. The Morgan fingerprint density at radius 2 is 2.00 bits per heavy atom. The van der Waals surface area contributed by atoms with E-state index >= 15 is 0 Å². The first-order valence-electron chi connectivity index (χ1n) is 9.17.